The Bertz CT molecular complexity index is 423. The smallest absolute Gasteiger partial charge is 0.0721 e. The van der Waals surface area contributed by atoms with Crippen LogP contribution in [0.4, 0.5) is 0 Å². The van der Waals surface area contributed by atoms with Crippen molar-refractivity contribution >= 4 is 0 Å². The molecular formula is C18H28N2O. The molecule has 0 radical (unpaired) electrons. The molecule has 2 saturated heterocycles. The van der Waals surface area contributed by atoms with E-state index >= 15 is 0 Å². The first-order chi connectivity index (χ1) is 10.3. The molecule has 1 atom stereocenters. The largest absolute Gasteiger partial charge is 0.375 e. The van der Waals surface area contributed by atoms with Crippen molar-refractivity contribution in [2.75, 3.05) is 33.3 Å². The minimum atomic E-state index is 0.162. The molecular weight excluding hydrogens is 260 g/mol. The molecule has 1 aromatic carbocycles. The lowest BCUT2D eigenvalue weighted by Gasteiger charge is -2.46. The lowest BCUT2D eigenvalue weighted by atomic mass is 9.82. The van der Waals surface area contributed by atoms with Gasteiger partial charge in [-0.05, 0) is 57.8 Å². The molecule has 2 heterocycles. The summed E-state index contributed by atoms with van der Waals surface area (Å²) in [5.74, 6) is 0. The van der Waals surface area contributed by atoms with E-state index in [1.165, 1.54) is 31.2 Å². The molecule has 0 saturated carbocycles. The number of ether oxygens (including phenoxy) is 1. The van der Waals surface area contributed by atoms with Crippen molar-refractivity contribution in [3.05, 3.63) is 35.9 Å². The van der Waals surface area contributed by atoms with Crippen LogP contribution in [0.2, 0.25) is 0 Å². The van der Waals surface area contributed by atoms with Crippen LogP contribution in [0.1, 0.15) is 31.2 Å². The fourth-order valence-corrected chi connectivity index (χ4v) is 3.74. The van der Waals surface area contributed by atoms with Gasteiger partial charge < -0.3 is 15.0 Å². The van der Waals surface area contributed by atoms with E-state index in [1.807, 2.05) is 0 Å². The van der Waals surface area contributed by atoms with Gasteiger partial charge in [-0.3, -0.25) is 0 Å². The standard InChI is InChI=1S/C18H28N2O/c1-20(13-7-16-5-3-2-4-6-16)17-8-14-21-18(15-17)9-11-19-12-10-18/h2-6,17,19H,7-15H2,1H3. The van der Waals surface area contributed by atoms with E-state index in [4.69, 9.17) is 4.74 Å². The summed E-state index contributed by atoms with van der Waals surface area (Å²) in [7, 11) is 2.29. The van der Waals surface area contributed by atoms with Gasteiger partial charge in [0.2, 0.25) is 0 Å². The molecule has 0 bridgehead atoms. The molecule has 2 fully saturated rings. The highest BCUT2D eigenvalue weighted by Crippen LogP contribution is 2.34. The van der Waals surface area contributed by atoms with Crippen molar-refractivity contribution in [2.24, 2.45) is 0 Å². The van der Waals surface area contributed by atoms with Crippen LogP contribution in [0, 0.1) is 0 Å². The van der Waals surface area contributed by atoms with Crippen molar-refractivity contribution in [3.63, 3.8) is 0 Å². The van der Waals surface area contributed by atoms with Gasteiger partial charge in [0.05, 0.1) is 5.60 Å². The zero-order valence-electron chi connectivity index (χ0n) is 13.2. The van der Waals surface area contributed by atoms with E-state index in [2.05, 4.69) is 47.6 Å². The second-order valence-electron chi connectivity index (χ2n) is 6.64. The van der Waals surface area contributed by atoms with E-state index in [9.17, 15) is 0 Å². The second kappa shape index (κ2) is 6.91. The van der Waals surface area contributed by atoms with Crippen LogP contribution in [-0.2, 0) is 11.2 Å². The van der Waals surface area contributed by atoms with Crippen LogP contribution < -0.4 is 5.32 Å². The summed E-state index contributed by atoms with van der Waals surface area (Å²) in [6, 6.07) is 11.5. The van der Waals surface area contributed by atoms with E-state index in [0.29, 0.717) is 6.04 Å². The molecule has 0 aliphatic carbocycles. The highest BCUT2D eigenvalue weighted by Gasteiger charge is 2.39. The third-order valence-electron chi connectivity index (χ3n) is 5.20. The minimum absolute atomic E-state index is 0.162. The number of benzene rings is 1. The van der Waals surface area contributed by atoms with Crippen LogP contribution in [0.15, 0.2) is 30.3 Å². The summed E-state index contributed by atoms with van der Waals surface area (Å²) >= 11 is 0. The molecule has 3 nitrogen and oxygen atoms in total. The number of hydrogen-bond acceptors (Lipinski definition) is 3. The summed E-state index contributed by atoms with van der Waals surface area (Å²) in [5, 5.41) is 3.45. The number of piperidine rings is 1. The zero-order valence-corrected chi connectivity index (χ0v) is 13.2. The number of hydrogen-bond donors (Lipinski definition) is 1. The first-order valence-electron chi connectivity index (χ1n) is 8.36. The summed E-state index contributed by atoms with van der Waals surface area (Å²) in [6.45, 7) is 4.30. The summed E-state index contributed by atoms with van der Waals surface area (Å²) < 4.78 is 6.18. The van der Waals surface area contributed by atoms with Crippen LogP contribution in [0.5, 0.6) is 0 Å². The van der Waals surface area contributed by atoms with Crippen molar-refractivity contribution in [1.82, 2.24) is 10.2 Å². The fourth-order valence-electron chi connectivity index (χ4n) is 3.74. The molecule has 3 heteroatoms. The van der Waals surface area contributed by atoms with Gasteiger partial charge in [0.25, 0.3) is 0 Å². The molecule has 1 aromatic rings. The van der Waals surface area contributed by atoms with Gasteiger partial charge in [0, 0.05) is 19.2 Å². The molecule has 0 amide bonds. The Morgan fingerprint density at radius 2 is 2.00 bits per heavy atom. The third-order valence-corrected chi connectivity index (χ3v) is 5.20. The second-order valence-corrected chi connectivity index (χ2v) is 6.64. The van der Waals surface area contributed by atoms with Crippen molar-refractivity contribution in [2.45, 2.75) is 43.7 Å². The molecule has 1 unspecified atom stereocenters. The maximum atomic E-state index is 6.18. The molecule has 1 spiro atoms. The number of rotatable bonds is 4. The van der Waals surface area contributed by atoms with Crippen molar-refractivity contribution in [3.8, 4) is 0 Å². The molecule has 2 aliphatic rings. The maximum Gasteiger partial charge on any atom is 0.0721 e. The van der Waals surface area contributed by atoms with Gasteiger partial charge >= 0.3 is 0 Å². The Hall–Kier alpha value is -0.900. The van der Waals surface area contributed by atoms with Crippen molar-refractivity contribution in [1.29, 1.82) is 0 Å². The summed E-state index contributed by atoms with van der Waals surface area (Å²) in [5.41, 5.74) is 1.60. The third kappa shape index (κ3) is 3.85. The number of nitrogens with one attached hydrogen (secondary N) is 1. The first-order valence-corrected chi connectivity index (χ1v) is 8.36. The highest BCUT2D eigenvalue weighted by atomic mass is 16.5. The highest BCUT2D eigenvalue weighted by molar-refractivity contribution is 5.14. The Kier molecular flexibility index (Phi) is 4.94. The van der Waals surface area contributed by atoms with Crippen LogP contribution in [0.25, 0.3) is 0 Å². The molecule has 0 aromatic heterocycles. The minimum Gasteiger partial charge on any atom is -0.375 e. The summed E-state index contributed by atoms with van der Waals surface area (Å²) in [6.07, 6.45) is 5.88. The first kappa shape index (κ1) is 15.0. The van der Waals surface area contributed by atoms with Gasteiger partial charge in [-0.2, -0.15) is 0 Å². The van der Waals surface area contributed by atoms with Gasteiger partial charge in [-0.1, -0.05) is 30.3 Å². The molecule has 2 aliphatic heterocycles. The monoisotopic (exact) mass is 288 g/mol. The van der Waals surface area contributed by atoms with E-state index in [1.54, 1.807) is 0 Å². The SMILES string of the molecule is CN(CCc1ccccc1)C1CCOC2(CCNCC2)C1. The Labute approximate surface area is 128 Å². The van der Waals surface area contributed by atoms with Crippen LogP contribution in [-0.4, -0.2) is 49.8 Å². The quantitative estimate of drug-likeness (QED) is 0.921. The summed E-state index contributed by atoms with van der Waals surface area (Å²) in [4.78, 5) is 2.55. The van der Waals surface area contributed by atoms with Gasteiger partial charge in [-0.15, -0.1) is 0 Å². The molecule has 1 N–H and O–H groups in total. The van der Waals surface area contributed by atoms with Crippen molar-refractivity contribution < 1.29 is 4.74 Å². The zero-order chi connectivity index (χ0) is 14.5. The fraction of sp³-hybridized carbons (Fsp3) is 0.667. The van der Waals surface area contributed by atoms with Gasteiger partial charge in [-0.25, -0.2) is 0 Å². The van der Waals surface area contributed by atoms with E-state index < -0.39 is 0 Å². The molecule has 3 rings (SSSR count). The normalized spacial score (nSPS) is 25.3. The average Bonchev–Trinajstić information content (AvgIpc) is 2.54. The van der Waals surface area contributed by atoms with E-state index in [0.717, 1.165) is 32.7 Å². The number of likely N-dealkylation sites (N-methyl/N-ethyl adjacent to an activating group) is 1. The average molecular weight is 288 g/mol. The van der Waals surface area contributed by atoms with Gasteiger partial charge in [0.15, 0.2) is 0 Å². The van der Waals surface area contributed by atoms with Crippen LogP contribution >= 0.6 is 0 Å². The van der Waals surface area contributed by atoms with Crippen LogP contribution in [0.3, 0.4) is 0 Å². The van der Waals surface area contributed by atoms with E-state index in [-0.39, 0.29) is 5.60 Å². The lowest BCUT2D eigenvalue weighted by molar-refractivity contribution is -0.118. The Balaban J connectivity index is 1.53. The molecule has 21 heavy (non-hydrogen) atoms. The predicted molar refractivity (Wildman–Crippen MR) is 86.6 cm³/mol. The maximum absolute atomic E-state index is 6.18. The van der Waals surface area contributed by atoms with Gasteiger partial charge in [0.1, 0.15) is 0 Å². The Morgan fingerprint density at radius 1 is 1.24 bits per heavy atom. The lowest BCUT2D eigenvalue weighted by Crippen LogP contribution is -2.52. The topological polar surface area (TPSA) is 24.5 Å². The Morgan fingerprint density at radius 3 is 2.76 bits per heavy atom. The number of nitrogens with zero attached hydrogens (tertiary/aromatic N) is 1. The molecule has 116 valence electrons. The predicted octanol–water partition coefficient (Wildman–Crippen LogP) is 2.46.